The second-order valence-corrected chi connectivity index (χ2v) is 7.24. The first kappa shape index (κ1) is 19.8. The van der Waals surface area contributed by atoms with Gasteiger partial charge in [-0.25, -0.2) is 17.9 Å². The fourth-order valence-electron chi connectivity index (χ4n) is 2.77. The second-order valence-electron chi connectivity index (χ2n) is 5.71. The number of hydrogen-bond acceptors (Lipinski definition) is 4. The maximum atomic E-state index is 13.9. The monoisotopic (exact) mass is 365 g/mol. The Morgan fingerprint density at radius 3 is 2.61 bits per heavy atom. The van der Waals surface area contributed by atoms with Gasteiger partial charge >= 0.3 is 0 Å². The van der Waals surface area contributed by atoms with Crippen LogP contribution in [-0.2, 0) is 10.0 Å². The molecule has 9 heteroatoms. The maximum Gasteiger partial charge on any atom is 0.254 e. The van der Waals surface area contributed by atoms with Crippen molar-refractivity contribution in [3.05, 3.63) is 29.6 Å². The molecule has 0 spiro atoms. The van der Waals surface area contributed by atoms with E-state index >= 15 is 0 Å². The second kappa shape index (κ2) is 7.57. The van der Waals surface area contributed by atoms with Crippen LogP contribution in [0.1, 0.15) is 30.1 Å². The lowest BCUT2D eigenvalue weighted by atomic mass is 9.92. The van der Waals surface area contributed by atoms with Gasteiger partial charge in [0.15, 0.2) is 0 Å². The molecule has 0 bridgehead atoms. The van der Waals surface area contributed by atoms with Crippen LogP contribution >= 0.6 is 12.4 Å². The van der Waals surface area contributed by atoms with Crippen LogP contribution in [0.3, 0.4) is 0 Å². The number of piperidine rings is 1. The molecule has 1 aromatic carbocycles. The standard InChI is InChI=1S/C14H20FN3O3S.ClH/c1-9-4-5-18(11(6-9)8-16)14(19)10-2-3-13(12(15)7-10)22(17,20)21;/h2-3,7,9,11H,4-6,8,16H2,1H3,(H2,17,20,21);1H. The minimum Gasteiger partial charge on any atom is -0.334 e. The molecule has 1 aromatic rings. The molecular weight excluding hydrogens is 345 g/mol. The van der Waals surface area contributed by atoms with Crippen LogP contribution in [0.25, 0.3) is 0 Å². The number of amides is 1. The molecule has 130 valence electrons. The van der Waals surface area contributed by atoms with E-state index in [1.165, 1.54) is 6.07 Å². The van der Waals surface area contributed by atoms with Crippen molar-refractivity contribution in [2.24, 2.45) is 16.8 Å². The van der Waals surface area contributed by atoms with E-state index in [4.69, 9.17) is 10.9 Å². The molecule has 23 heavy (non-hydrogen) atoms. The highest BCUT2D eigenvalue weighted by atomic mass is 35.5. The van der Waals surface area contributed by atoms with E-state index in [-0.39, 0.29) is 29.9 Å². The molecule has 1 aliphatic rings. The van der Waals surface area contributed by atoms with Crippen LogP contribution in [-0.4, -0.2) is 38.4 Å². The number of rotatable bonds is 3. The Morgan fingerprint density at radius 1 is 1.43 bits per heavy atom. The van der Waals surface area contributed by atoms with Crippen LogP contribution in [0.2, 0.25) is 0 Å². The highest BCUT2D eigenvalue weighted by Crippen LogP contribution is 2.24. The van der Waals surface area contributed by atoms with Crippen molar-refractivity contribution in [1.29, 1.82) is 0 Å². The van der Waals surface area contributed by atoms with E-state index in [9.17, 15) is 17.6 Å². The molecule has 2 atom stereocenters. The Hall–Kier alpha value is -1.22. The summed E-state index contributed by atoms with van der Waals surface area (Å²) < 4.78 is 36.3. The summed E-state index contributed by atoms with van der Waals surface area (Å²) in [7, 11) is -4.14. The predicted octanol–water partition coefficient (Wildman–Crippen LogP) is 1.09. The van der Waals surface area contributed by atoms with Crippen molar-refractivity contribution >= 4 is 28.3 Å². The summed E-state index contributed by atoms with van der Waals surface area (Å²) in [6, 6.07) is 3.11. The number of sulfonamides is 1. The molecule has 0 radical (unpaired) electrons. The van der Waals surface area contributed by atoms with Gasteiger partial charge in [-0.15, -0.1) is 12.4 Å². The Bertz CT molecular complexity index is 684. The van der Waals surface area contributed by atoms with Crippen molar-refractivity contribution in [2.75, 3.05) is 13.1 Å². The summed E-state index contributed by atoms with van der Waals surface area (Å²) in [5.41, 5.74) is 5.81. The molecule has 1 aliphatic heterocycles. The third-order valence-electron chi connectivity index (χ3n) is 4.00. The number of hydrogen-bond donors (Lipinski definition) is 2. The van der Waals surface area contributed by atoms with E-state index < -0.39 is 20.7 Å². The number of nitrogens with zero attached hydrogens (tertiary/aromatic N) is 1. The van der Waals surface area contributed by atoms with Gasteiger partial charge in [0.1, 0.15) is 10.7 Å². The van der Waals surface area contributed by atoms with Gasteiger partial charge in [-0.1, -0.05) is 6.92 Å². The Labute approximate surface area is 141 Å². The van der Waals surface area contributed by atoms with Crippen molar-refractivity contribution < 1.29 is 17.6 Å². The van der Waals surface area contributed by atoms with Crippen LogP contribution in [0.15, 0.2) is 23.1 Å². The Morgan fingerprint density at radius 2 is 2.09 bits per heavy atom. The summed E-state index contributed by atoms with van der Waals surface area (Å²) in [6.07, 6.45) is 1.67. The summed E-state index contributed by atoms with van der Waals surface area (Å²) >= 11 is 0. The topological polar surface area (TPSA) is 106 Å². The normalized spacial score (nSPS) is 21.7. The first-order valence-electron chi connectivity index (χ1n) is 7.07. The summed E-state index contributed by atoms with van der Waals surface area (Å²) in [5.74, 6) is -0.885. The average Bonchev–Trinajstić information content (AvgIpc) is 2.44. The zero-order valence-corrected chi connectivity index (χ0v) is 14.4. The SMILES string of the molecule is CC1CCN(C(=O)c2ccc(S(N)(=O)=O)c(F)c2)C(CN)C1.Cl. The van der Waals surface area contributed by atoms with Gasteiger partial charge in [0.25, 0.3) is 5.91 Å². The lowest BCUT2D eigenvalue weighted by Crippen LogP contribution is -2.49. The number of halogens is 2. The van der Waals surface area contributed by atoms with Gasteiger partial charge in [-0.2, -0.15) is 0 Å². The van der Waals surface area contributed by atoms with Gasteiger partial charge in [-0.3, -0.25) is 4.79 Å². The molecule has 0 aromatic heterocycles. The zero-order chi connectivity index (χ0) is 16.5. The predicted molar refractivity (Wildman–Crippen MR) is 87.3 cm³/mol. The molecule has 4 N–H and O–H groups in total. The van der Waals surface area contributed by atoms with E-state index in [0.717, 1.165) is 25.0 Å². The van der Waals surface area contributed by atoms with E-state index in [1.54, 1.807) is 4.90 Å². The van der Waals surface area contributed by atoms with E-state index in [0.29, 0.717) is 19.0 Å². The smallest absolute Gasteiger partial charge is 0.254 e. The molecule has 0 saturated carbocycles. The largest absolute Gasteiger partial charge is 0.334 e. The third-order valence-corrected chi connectivity index (χ3v) is 4.94. The van der Waals surface area contributed by atoms with Gasteiger partial charge < -0.3 is 10.6 Å². The summed E-state index contributed by atoms with van der Waals surface area (Å²) in [5, 5.41) is 4.91. The van der Waals surface area contributed by atoms with E-state index in [2.05, 4.69) is 6.92 Å². The minimum absolute atomic E-state index is 0. The molecule has 1 fully saturated rings. The summed E-state index contributed by atoms with van der Waals surface area (Å²) in [4.78, 5) is 13.5. The Kier molecular flexibility index (Phi) is 6.52. The fourth-order valence-corrected chi connectivity index (χ4v) is 3.36. The number of carbonyl (C=O) groups is 1. The number of nitrogens with two attached hydrogens (primary N) is 2. The Balaban J connectivity index is 0.00000264. The van der Waals surface area contributed by atoms with Gasteiger partial charge in [0.05, 0.1) is 0 Å². The number of primary sulfonamides is 1. The minimum atomic E-state index is -4.14. The van der Waals surface area contributed by atoms with Gasteiger partial charge in [0.2, 0.25) is 10.0 Å². The van der Waals surface area contributed by atoms with Crippen LogP contribution in [0.5, 0.6) is 0 Å². The number of benzene rings is 1. The van der Waals surface area contributed by atoms with Crippen molar-refractivity contribution in [3.8, 4) is 0 Å². The average molecular weight is 366 g/mol. The molecule has 1 saturated heterocycles. The van der Waals surface area contributed by atoms with Crippen LogP contribution < -0.4 is 10.9 Å². The molecule has 1 heterocycles. The van der Waals surface area contributed by atoms with Gasteiger partial charge in [0, 0.05) is 24.7 Å². The first-order valence-corrected chi connectivity index (χ1v) is 8.62. The quantitative estimate of drug-likeness (QED) is 0.836. The highest BCUT2D eigenvalue weighted by molar-refractivity contribution is 7.89. The third kappa shape index (κ3) is 4.41. The molecule has 2 unspecified atom stereocenters. The maximum absolute atomic E-state index is 13.9. The first-order chi connectivity index (χ1) is 10.2. The van der Waals surface area contributed by atoms with Crippen LogP contribution in [0.4, 0.5) is 4.39 Å². The molecule has 2 rings (SSSR count). The van der Waals surface area contributed by atoms with Crippen molar-refractivity contribution in [3.63, 3.8) is 0 Å². The molecule has 1 amide bonds. The zero-order valence-electron chi connectivity index (χ0n) is 12.7. The highest BCUT2D eigenvalue weighted by Gasteiger charge is 2.30. The fraction of sp³-hybridized carbons (Fsp3) is 0.500. The lowest BCUT2D eigenvalue weighted by Gasteiger charge is -2.38. The number of carbonyl (C=O) groups excluding carboxylic acids is 1. The van der Waals surface area contributed by atoms with Crippen LogP contribution in [0, 0.1) is 11.7 Å². The van der Waals surface area contributed by atoms with Gasteiger partial charge in [-0.05, 0) is 37.0 Å². The molecule has 0 aliphatic carbocycles. The number of likely N-dealkylation sites (tertiary alicyclic amines) is 1. The lowest BCUT2D eigenvalue weighted by molar-refractivity contribution is 0.0573. The summed E-state index contributed by atoms with van der Waals surface area (Å²) in [6.45, 7) is 3.00. The van der Waals surface area contributed by atoms with E-state index in [1.807, 2.05) is 0 Å². The molecular formula is C14H21ClFN3O3S. The molecule has 6 nitrogen and oxygen atoms in total. The van der Waals surface area contributed by atoms with Crippen molar-refractivity contribution in [2.45, 2.75) is 30.7 Å². The van der Waals surface area contributed by atoms with Crippen molar-refractivity contribution in [1.82, 2.24) is 4.90 Å².